The lowest BCUT2D eigenvalue weighted by Crippen LogP contribution is -2.67. The first-order valence-corrected chi connectivity index (χ1v) is 16.4. The lowest BCUT2D eigenvalue weighted by atomic mass is 10.2. The van der Waals surface area contributed by atoms with Gasteiger partial charge in [0.1, 0.15) is 15.7 Å². The Balaban J connectivity index is 1.68. The molecule has 2 aromatic carbocycles. The fraction of sp³-hybridized carbons (Fsp3) is 0.379. The van der Waals surface area contributed by atoms with Gasteiger partial charge in [-0.25, -0.2) is 4.79 Å². The predicted octanol–water partition coefficient (Wildman–Crippen LogP) is 5.86. The van der Waals surface area contributed by atoms with Gasteiger partial charge in [0, 0.05) is 6.61 Å². The average molecular weight is 616 g/mol. The van der Waals surface area contributed by atoms with Crippen LogP contribution in [-0.4, -0.2) is 52.6 Å². The molecular formula is C29H35BrN2O4SSi. The summed E-state index contributed by atoms with van der Waals surface area (Å²) >= 11 is 4.93. The van der Waals surface area contributed by atoms with Gasteiger partial charge in [-0.2, -0.15) is 0 Å². The van der Waals surface area contributed by atoms with Gasteiger partial charge in [0.15, 0.2) is 0 Å². The van der Waals surface area contributed by atoms with Gasteiger partial charge in [-0.1, -0.05) is 81.4 Å². The lowest BCUT2D eigenvalue weighted by Gasteiger charge is -2.43. The van der Waals surface area contributed by atoms with Gasteiger partial charge in [0.25, 0.3) is 8.32 Å². The highest BCUT2D eigenvalue weighted by atomic mass is 79.9. The molecule has 0 spiro atoms. The van der Waals surface area contributed by atoms with Gasteiger partial charge in [0.05, 0.1) is 30.3 Å². The van der Waals surface area contributed by atoms with E-state index in [0.717, 1.165) is 22.5 Å². The Morgan fingerprint density at radius 2 is 1.74 bits per heavy atom. The summed E-state index contributed by atoms with van der Waals surface area (Å²) in [5, 5.41) is 6.50. The van der Waals surface area contributed by atoms with E-state index in [-0.39, 0.29) is 17.1 Å². The highest BCUT2D eigenvalue weighted by Gasteiger charge is 2.50. The van der Waals surface area contributed by atoms with Crippen LogP contribution >= 0.6 is 27.3 Å². The molecule has 38 heavy (non-hydrogen) atoms. The largest absolute Gasteiger partial charge is 0.462 e. The normalized spacial score (nSPS) is 16.1. The monoisotopic (exact) mass is 614 g/mol. The third-order valence-corrected chi connectivity index (χ3v) is 13.4. The number of anilines is 1. The average Bonchev–Trinajstić information content (AvgIpc) is 3.24. The molecule has 2 heterocycles. The highest BCUT2D eigenvalue weighted by molar-refractivity contribution is 9.10. The molecule has 0 bridgehead atoms. The first-order valence-electron chi connectivity index (χ1n) is 12.9. The van der Waals surface area contributed by atoms with Crippen molar-refractivity contribution in [2.24, 2.45) is 4.99 Å². The molecule has 202 valence electrons. The van der Waals surface area contributed by atoms with E-state index in [0.29, 0.717) is 30.5 Å². The minimum absolute atomic E-state index is 0.126. The van der Waals surface area contributed by atoms with Crippen LogP contribution in [0.25, 0.3) is 0 Å². The number of carbonyl (C=O) groups is 1. The standard InChI is InChI=1S/C29H35BrN2O4SSi/c1-5-34-28(33)25-18-24(30)27(37-25)32-26(31-19-21-16-17-35-21)20-36-38(29(2,3)4,22-12-8-6-9-13-22)23-14-10-7-11-15-23/h6-15,18,21H,5,16-17,19-20H2,1-4H3,(H,31,32)/t21-/m1/s1. The number of ether oxygens (including phenoxy) is 2. The van der Waals surface area contributed by atoms with Crippen molar-refractivity contribution in [3.8, 4) is 0 Å². The molecule has 0 amide bonds. The van der Waals surface area contributed by atoms with Crippen molar-refractivity contribution < 1.29 is 18.7 Å². The molecule has 6 nitrogen and oxygen atoms in total. The second-order valence-corrected chi connectivity index (χ2v) is 16.4. The van der Waals surface area contributed by atoms with Crippen LogP contribution in [0, 0.1) is 0 Å². The quantitative estimate of drug-likeness (QED) is 0.134. The number of aliphatic imine (C=N–C) groups is 1. The number of nitrogens with zero attached hydrogens (tertiary/aromatic N) is 1. The van der Waals surface area contributed by atoms with Crippen LogP contribution in [0.3, 0.4) is 0 Å². The smallest absolute Gasteiger partial charge is 0.348 e. The molecule has 4 rings (SSSR count). The van der Waals surface area contributed by atoms with E-state index in [4.69, 9.17) is 18.9 Å². The van der Waals surface area contributed by atoms with Crippen molar-refractivity contribution in [3.63, 3.8) is 0 Å². The molecule has 1 aliphatic rings. The first-order chi connectivity index (χ1) is 18.2. The van der Waals surface area contributed by atoms with Gasteiger partial charge < -0.3 is 19.2 Å². The zero-order chi connectivity index (χ0) is 27.2. The van der Waals surface area contributed by atoms with Crippen LogP contribution in [0.15, 0.2) is 76.2 Å². The number of thiophene rings is 1. The molecule has 1 N–H and O–H groups in total. The van der Waals surface area contributed by atoms with Crippen LogP contribution in [0.2, 0.25) is 5.04 Å². The Morgan fingerprint density at radius 1 is 1.13 bits per heavy atom. The maximum absolute atomic E-state index is 12.3. The number of rotatable bonds is 10. The third kappa shape index (κ3) is 6.46. The van der Waals surface area contributed by atoms with Crippen molar-refractivity contribution in [1.29, 1.82) is 0 Å². The van der Waals surface area contributed by atoms with Crippen LogP contribution in [-0.2, 0) is 13.9 Å². The van der Waals surface area contributed by atoms with Crippen LogP contribution in [0.1, 0.15) is 43.8 Å². The molecule has 0 aliphatic carbocycles. The first kappa shape index (κ1) is 28.7. The molecule has 0 saturated carbocycles. The second-order valence-electron chi connectivity index (χ2n) is 10.2. The summed E-state index contributed by atoms with van der Waals surface area (Å²) in [5.74, 6) is 0.364. The minimum atomic E-state index is -2.75. The Hall–Kier alpha value is -2.30. The van der Waals surface area contributed by atoms with Crippen molar-refractivity contribution in [1.82, 2.24) is 0 Å². The van der Waals surface area contributed by atoms with Gasteiger partial charge in [-0.05, 0) is 50.8 Å². The molecule has 1 aromatic heterocycles. The summed E-state index contributed by atoms with van der Waals surface area (Å²) in [6, 6.07) is 22.9. The maximum Gasteiger partial charge on any atom is 0.348 e. The van der Waals surface area contributed by atoms with Crippen molar-refractivity contribution >= 4 is 62.8 Å². The van der Waals surface area contributed by atoms with Crippen molar-refractivity contribution in [2.45, 2.75) is 45.3 Å². The number of halogens is 1. The van der Waals surface area contributed by atoms with E-state index < -0.39 is 8.32 Å². The van der Waals surface area contributed by atoms with Crippen molar-refractivity contribution in [2.75, 3.05) is 31.7 Å². The SMILES string of the molecule is CCOC(=O)c1cc(Br)c(NC(CO[Si](c2ccccc2)(c2ccccc2)C(C)(C)C)=NC[C@H]2CCO2)s1. The molecule has 1 saturated heterocycles. The molecular weight excluding hydrogens is 580 g/mol. The van der Waals surface area contributed by atoms with E-state index in [9.17, 15) is 4.79 Å². The molecule has 0 unspecified atom stereocenters. The van der Waals surface area contributed by atoms with Gasteiger partial charge in [0.2, 0.25) is 0 Å². The van der Waals surface area contributed by atoms with E-state index in [2.05, 4.69) is 90.5 Å². The third-order valence-electron chi connectivity index (χ3n) is 6.54. The van der Waals surface area contributed by atoms with Gasteiger partial charge in [-0.15, -0.1) is 11.3 Å². The Morgan fingerprint density at radius 3 is 2.24 bits per heavy atom. The van der Waals surface area contributed by atoms with Gasteiger partial charge in [-0.3, -0.25) is 4.99 Å². The van der Waals surface area contributed by atoms with E-state index in [1.54, 1.807) is 13.0 Å². The summed E-state index contributed by atoms with van der Waals surface area (Å²) in [4.78, 5) is 17.7. The van der Waals surface area contributed by atoms with E-state index in [1.165, 1.54) is 21.7 Å². The molecule has 1 aliphatic heterocycles. The number of esters is 1. The summed E-state index contributed by atoms with van der Waals surface area (Å²) < 4.78 is 18.7. The Kier molecular flexibility index (Phi) is 9.59. The van der Waals surface area contributed by atoms with Crippen molar-refractivity contribution in [3.05, 3.63) is 76.1 Å². The van der Waals surface area contributed by atoms with Crippen LogP contribution in [0.4, 0.5) is 5.00 Å². The zero-order valence-electron chi connectivity index (χ0n) is 22.3. The molecule has 1 fully saturated rings. The number of benzene rings is 2. The maximum atomic E-state index is 12.3. The highest BCUT2D eigenvalue weighted by Crippen LogP contribution is 2.37. The summed E-state index contributed by atoms with van der Waals surface area (Å²) in [6.07, 6.45) is 1.13. The number of hydrogen-bond acceptors (Lipinski definition) is 6. The molecule has 3 aromatic rings. The van der Waals surface area contributed by atoms with Crippen LogP contribution < -0.4 is 15.7 Å². The zero-order valence-corrected chi connectivity index (χ0v) is 25.7. The number of carbonyl (C=O) groups excluding carboxylic acids is 1. The topological polar surface area (TPSA) is 69.2 Å². The Labute approximate surface area is 238 Å². The number of amidine groups is 1. The van der Waals surface area contributed by atoms with Gasteiger partial charge >= 0.3 is 5.97 Å². The molecule has 9 heteroatoms. The van der Waals surface area contributed by atoms with E-state index >= 15 is 0 Å². The number of hydrogen-bond donors (Lipinski definition) is 1. The lowest BCUT2D eigenvalue weighted by molar-refractivity contribution is -0.0432. The summed E-state index contributed by atoms with van der Waals surface area (Å²) in [6.45, 7) is 10.5. The summed E-state index contributed by atoms with van der Waals surface area (Å²) in [5.41, 5.74) is 0. The fourth-order valence-corrected chi connectivity index (χ4v) is 10.7. The molecule has 1 atom stereocenters. The minimum Gasteiger partial charge on any atom is -0.462 e. The molecule has 0 radical (unpaired) electrons. The second kappa shape index (κ2) is 12.7. The predicted molar refractivity (Wildman–Crippen MR) is 162 cm³/mol. The fourth-order valence-electron chi connectivity index (χ4n) is 4.59. The van der Waals surface area contributed by atoms with E-state index in [1.807, 2.05) is 12.1 Å². The number of nitrogens with one attached hydrogen (secondary N) is 1. The summed E-state index contributed by atoms with van der Waals surface area (Å²) in [7, 11) is -2.75. The van der Waals surface area contributed by atoms with Crippen LogP contribution in [0.5, 0.6) is 0 Å². The Bertz CT molecular complexity index is 1200.